The first-order chi connectivity index (χ1) is 8.01. The zero-order chi connectivity index (χ0) is 13.3. The molecule has 0 saturated heterocycles. The van der Waals surface area contributed by atoms with Crippen LogP contribution in [0.25, 0.3) is 0 Å². The first-order valence-electron chi connectivity index (χ1n) is 6.55. The monoisotopic (exact) mass is 244 g/mol. The molecule has 4 nitrogen and oxygen atoms in total. The van der Waals surface area contributed by atoms with E-state index in [0.717, 1.165) is 26.1 Å². The molecule has 1 unspecified atom stereocenters. The van der Waals surface area contributed by atoms with Crippen molar-refractivity contribution in [3.63, 3.8) is 0 Å². The van der Waals surface area contributed by atoms with E-state index < -0.39 is 0 Å². The van der Waals surface area contributed by atoms with Gasteiger partial charge in [0, 0.05) is 19.1 Å². The summed E-state index contributed by atoms with van der Waals surface area (Å²) in [6, 6.07) is 0.258. The normalized spacial score (nSPS) is 13.1. The molecule has 0 aromatic rings. The highest BCUT2D eigenvalue weighted by atomic mass is 16.5. The van der Waals surface area contributed by atoms with Crippen LogP contribution in [0.2, 0.25) is 0 Å². The molecule has 0 aliphatic carbocycles. The van der Waals surface area contributed by atoms with Gasteiger partial charge in [-0.15, -0.1) is 0 Å². The Kier molecular flexibility index (Phi) is 9.09. The summed E-state index contributed by atoms with van der Waals surface area (Å²) in [6.07, 6.45) is 1.60. The van der Waals surface area contributed by atoms with Crippen LogP contribution in [-0.4, -0.2) is 62.1 Å². The smallest absolute Gasteiger partial charge is 0.307 e. The number of carbonyl (C=O) groups is 1. The average Bonchev–Trinajstić information content (AvgIpc) is 2.23. The molecule has 102 valence electrons. The van der Waals surface area contributed by atoms with Gasteiger partial charge in [0.15, 0.2) is 0 Å². The highest BCUT2D eigenvalue weighted by Crippen LogP contribution is 2.06. The minimum Gasteiger partial charge on any atom is -0.466 e. The van der Waals surface area contributed by atoms with Gasteiger partial charge in [-0.2, -0.15) is 0 Å². The van der Waals surface area contributed by atoms with Crippen LogP contribution in [0.3, 0.4) is 0 Å². The molecule has 0 amide bonds. The minimum atomic E-state index is -0.0917. The van der Waals surface area contributed by atoms with E-state index in [1.807, 2.05) is 6.92 Å². The number of esters is 1. The summed E-state index contributed by atoms with van der Waals surface area (Å²) in [5, 5.41) is 0. The molecule has 0 saturated carbocycles. The SMILES string of the molecule is CCCN(CCN(C)C)C(C)CC(=O)OCC. The van der Waals surface area contributed by atoms with Crippen molar-refractivity contribution in [2.24, 2.45) is 0 Å². The first kappa shape index (κ1) is 16.4. The third-order valence-corrected chi connectivity index (χ3v) is 2.74. The summed E-state index contributed by atoms with van der Waals surface area (Å²) in [6.45, 7) is 9.64. The van der Waals surface area contributed by atoms with Crippen molar-refractivity contribution in [2.45, 2.75) is 39.7 Å². The van der Waals surface area contributed by atoms with Crippen LogP contribution < -0.4 is 0 Å². The van der Waals surface area contributed by atoms with Gasteiger partial charge in [-0.25, -0.2) is 0 Å². The van der Waals surface area contributed by atoms with Crippen molar-refractivity contribution in [3.8, 4) is 0 Å². The van der Waals surface area contributed by atoms with Crippen molar-refractivity contribution in [1.82, 2.24) is 9.80 Å². The topological polar surface area (TPSA) is 32.8 Å². The van der Waals surface area contributed by atoms with E-state index in [1.54, 1.807) is 0 Å². The fourth-order valence-corrected chi connectivity index (χ4v) is 1.76. The van der Waals surface area contributed by atoms with Gasteiger partial charge in [0.05, 0.1) is 13.0 Å². The van der Waals surface area contributed by atoms with Crippen molar-refractivity contribution in [1.29, 1.82) is 0 Å². The Morgan fingerprint density at radius 2 is 1.82 bits per heavy atom. The van der Waals surface area contributed by atoms with Gasteiger partial charge in [0.2, 0.25) is 0 Å². The number of ether oxygens (including phenoxy) is 1. The molecule has 17 heavy (non-hydrogen) atoms. The van der Waals surface area contributed by atoms with Crippen molar-refractivity contribution < 1.29 is 9.53 Å². The quantitative estimate of drug-likeness (QED) is 0.577. The molecule has 0 aliphatic rings. The van der Waals surface area contributed by atoms with Gasteiger partial charge >= 0.3 is 5.97 Å². The highest BCUT2D eigenvalue weighted by molar-refractivity contribution is 5.70. The molecule has 0 aromatic heterocycles. The Hall–Kier alpha value is -0.610. The van der Waals surface area contributed by atoms with Crippen LogP contribution in [0, 0.1) is 0 Å². The van der Waals surface area contributed by atoms with Gasteiger partial charge in [-0.3, -0.25) is 9.69 Å². The standard InChI is InChI=1S/C13H28N2O2/c1-6-8-15(10-9-14(4)5)12(3)11-13(16)17-7-2/h12H,6-11H2,1-5H3. The molecular formula is C13H28N2O2. The molecular weight excluding hydrogens is 216 g/mol. The Bertz CT molecular complexity index is 208. The number of rotatable bonds is 9. The second-order valence-electron chi connectivity index (χ2n) is 4.70. The Morgan fingerprint density at radius 3 is 2.29 bits per heavy atom. The Balaban J connectivity index is 4.12. The molecule has 0 fully saturated rings. The first-order valence-corrected chi connectivity index (χ1v) is 6.55. The van der Waals surface area contributed by atoms with E-state index in [0.29, 0.717) is 13.0 Å². The van der Waals surface area contributed by atoms with Crippen LogP contribution in [-0.2, 0) is 9.53 Å². The summed E-state index contributed by atoms with van der Waals surface area (Å²) in [4.78, 5) is 16.0. The van der Waals surface area contributed by atoms with E-state index in [-0.39, 0.29) is 12.0 Å². The molecule has 0 spiro atoms. The predicted octanol–water partition coefficient (Wildman–Crippen LogP) is 1.60. The summed E-state index contributed by atoms with van der Waals surface area (Å²) in [7, 11) is 4.14. The van der Waals surface area contributed by atoms with Crippen LogP contribution in [0.5, 0.6) is 0 Å². The van der Waals surface area contributed by atoms with Crippen molar-refractivity contribution in [3.05, 3.63) is 0 Å². The van der Waals surface area contributed by atoms with Gasteiger partial charge in [0.1, 0.15) is 0 Å². The summed E-state index contributed by atoms with van der Waals surface area (Å²) in [5.41, 5.74) is 0. The molecule has 0 heterocycles. The fourth-order valence-electron chi connectivity index (χ4n) is 1.76. The van der Waals surface area contributed by atoms with Gasteiger partial charge in [0.25, 0.3) is 0 Å². The maximum absolute atomic E-state index is 11.4. The number of likely N-dealkylation sites (N-methyl/N-ethyl adjacent to an activating group) is 1. The highest BCUT2D eigenvalue weighted by Gasteiger charge is 2.17. The second kappa shape index (κ2) is 9.42. The summed E-state index contributed by atoms with van der Waals surface area (Å²) >= 11 is 0. The van der Waals surface area contributed by atoms with Gasteiger partial charge in [-0.1, -0.05) is 6.92 Å². The molecule has 4 heteroatoms. The molecule has 0 radical (unpaired) electrons. The van der Waals surface area contributed by atoms with Crippen LogP contribution in [0.4, 0.5) is 0 Å². The zero-order valence-corrected chi connectivity index (χ0v) is 12.0. The number of carbonyl (C=O) groups excluding carboxylic acids is 1. The number of nitrogens with zero attached hydrogens (tertiary/aromatic N) is 2. The summed E-state index contributed by atoms with van der Waals surface area (Å²) < 4.78 is 4.99. The van der Waals surface area contributed by atoms with E-state index in [9.17, 15) is 4.79 Å². The van der Waals surface area contributed by atoms with E-state index >= 15 is 0 Å². The maximum Gasteiger partial charge on any atom is 0.307 e. The lowest BCUT2D eigenvalue weighted by Crippen LogP contribution is -2.40. The van der Waals surface area contributed by atoms with E-state index in [1.165, 1.54) is 0 Å². The van der Waals surface area contributed by atoms with Gasteiger partial charge < -0.3 is 9.64 Å². The van der Waals surface area contributed by atoms with Crippen molar-refractivity contribution >= 4 is 5.97 Å². The minimum absolute atomic E-state index is 0.0917. The second-order valence-corrected chi connectivity index (χ2v) is 4.70. The lowest BCUT2D eigenvalue weighted by molar-refractivity contribution is -0.144. The molecule has 0 aliphatic heterocycles. The predicted molar refractivity (Wildman–Crippen MR) is 71.1 cm³/mol. The molecule has 0 rings (SSSR count). The van der Waals surface area contributed by atoms with Crippen LogP contribution in [0.1, 0.15) is 33.6 Å². The Morgan fingerprint density at radius 1 is 1.18 bits per heavy atom. The van der Waals surface area contributed by atoms with E-state index in [2.05, 4.69) is 37.7 Å². The average molecular weight is 244 g/mol. The number of hydrogen-bond donors (Lipinski definition) is 0. The molecule has 1 atom stereocenters. The van der Waals surface area contributed by atoms with Crippen molar-refractivity contribution in [2.75, 3.05) is 40.3 Å². The largest absolute Gasteiger partial charge is 0.466 e. The van der Waals surface area contributed by atoms with Crippen LogP contribution >= 0.6 is 0 Å². The Labute approximate surface area is 106 Å². The lowest BCUT2D eigenvalue weighted by Gasteiger charge is -2.29. The van der Waals surface area contributed by atoms with E-state index in [4.69, 9.17) is 4.74 Å². The van der Waals surface area contributed by atoms with Crippen LogP contribution in [0.15, 0.2) is 0 Å². The zero-order valence-electron chi connectivity index (χ0n) is 12.0. The number of hydrogen-bond acceptors (Lipinski definition) is 4. The summed E-state index contributed by atoms with van der Waals surface area (Å²) in [5.74, 6) is -0.0917. The van der Waals surface area contributed by atoms with Gasteiger partial charge in [-0.05, 0) is 40.9 Å². The molecule has 0 N–H and O–H groups in total. The molecule has 0 bridgehead atoms. The maximum atomic E-state index is 11.4. The molecule has 0 aromatic carbocycles. The third kappa shape index (κ3) is 8.16. The lowest BCUT2D eigenvalue weighted by atomic mass is 10.2. The fraction of sp³-hybridized carbons (Fsp3) is 0.923. The third-order valence-electron chi connectivity index (χ3n) is 2.74.